The molecule has 7 heteroatoms. The number of carbonyl (C=O) groups excluding carboxylic acids is 2. The lowest BCUT2D eigenvalue weighted by Crippen LogP contribution is -2.56. The minimum Gasteiger partial charge on any atom is -0.361 e. The van der Waals surface area contributed by atoms with Gasteiger partial charge in [-0.15, -0.1) is 0 Å². The molecule has 2 rings (SSSR count). The maximum absolute atomic E-state index is 12.4. The number of carbonyl (C=O) groups is 2. The minimum atomic E-state index is -0.901. The first-order valence-corrected chi connectivity index (χ1v) is 8.43. The Labute approximate surface area is 153 Å². The van der Waals surface area contributed by atoms with E-state index in [1.54, 1.807) is 0 Å². The molecule has 1 fully saturated rings. The Bertz CT molecular complexity index is 725. The molecule has 1 aliphatic rings. The summed E-state index contributed by atoms with van der Waals surface area (Å²) in [7, 11) is 0. The summed E-state index contributed by atoms with van der Waals surface area (Å²) < 4.78 is 0. The lowest BCUT2D eigenvalue weighted by Gasteiger charge is -2.32. The van der Waals surface area contributed by atoms with Gasteiger partial charge in [0.2, 0.25) is 5.91 Å². The third-order valence-corrected chi connectivity index (χ3v) is 4.32. The smallest absolute Gasteiger partial charge is 0.254 e. The van der Waals surface area contributed by atoms with Crippen molar-refractivity contribution in [1.82, 2.24) is 10.6 Å². The van der Waals surface area contributed by atoms with Crippen LogP contribution in [0.3, 0.4) is 0 Å². The fraction of sp³-hybridized carbons (Fsp3) is 0.316. The molecule has 0 heterocycles. The lowest BCUT2D eigenvalue weighted by molar-refractivity contribution is -0.118. The molecule has 7 nitrogen and oxygen atoms in total. The lowest BCUT2D eigenvalue weighted by atomic mass is 9.90. The van der Waals surface area contributed by atoms with E-state index in [0.29, 0.717) is 5.70 Å². The van der Waals surface area contributed by atoms with Crippen molar-refractivity contribution in [3.8, 4) is 0 Å². The van der Waals surface area contributed by atoms with Crippen molar-refractivity contribution >= 4 is 23.7 Å². The monoisotopic (exact) mass is 355 g/mol. The molecule has 1 saturated carbocycles. The number of anilines is 1. The fourth-order valence-corrected chi connectivity index (χ4v) is 2.62. The summed E-state index contributed by atoms with van der Waals surface area (Å²) in [4.78, 5) is 23.7. The number of benzene rings is 1. The van der Waals surface area contributed by atoms with Crippen molar-refractivity contribution in [3.05, 3.63) is 54.4 Å². The normalized spacial score (nSPS) is 16.2. The van der Waals surface area contributed by atoms with E-state index in [1.165, 1.54) is 13.1 Å². The number of nitrogens with two attached hydrogens (primary N) is 1. The van der Waals surface area contributed by atoms with E-state index in [4.69, 9.17) is 11.1 Å². The first-order valence-electron chi connectivity index (χ1n) is 8.43. The highest BCUT2D eigenvalue weighted by atomic mass is 16.2. The predicted molar refractivity (Wildman–Crippen MR) is 103 cm³/mol. The van der Waals surface area contributed by atoms with Gasteiger partial charge >= 0.3 is 0 Å². The number of para-hydroxylation sites is 1. The van der Waals surface area contributed by atoms with Crippen LogP contribution >= 0.6 is 0 Å². The SMILES string of the molecule is C=C(NC(C)=O)C(N)(CNC(=O)/C(C=N)=C/Nc1ccccc1)C1CC1. The summed E-state index contributed by atoms with van der Waals surface area (Å²) in [6.45, 7) is 5.39. The fourth-order valence-electron chi connectivity index (χ4n) is 2.62. The van der Waals surface area contributed by atoms with Gasteiger partial charge in [0.05, 0.1) is 11.1 Å². The molecule has 1 aromatic rings. The van der Waals surface area contributed by atoms with Crippen molar-refractivity contribution in [3.63, 3.8) is 0 Å². The van der Waals surface area contributed by atoms with Gasteiger partial charge in [0, 0.05) is 37.3 Å². The molecule has 138 valence electrons. The zero-order valence-corrected chi connectivity index (χ0v) is 14.8. The average molecular weight is 355 g/mol. The van der Waals surface area contributed by atoms with Crippen molar-refractivity contribution < 1.29 is 9.59 Å². The second kappa shape index (κ2) is 8.44. The first-order chi connectivity index (χ1) is 12.4. The van der Waals surface area contributed by atoms with Crippen LogP contribution in [0.1, 0.15) is 19.8 Å². The third-order valence-electron chi connectivity index (χ3n) is 4.32. The highest BCUT2D eigenvalue weighted by Gasteiger charge is 2.45. The van der Waals surface area contributed by atoms with Gasteiger partial charge in [0.1, 0.15) is 0 Å². The van der Waals surface area contributed by atoms with Crippen molar-refractivity contribution in [2.75, 3.05) is 11.9 Å². The molecule has 0 radical (unpaired) electrons. The molecule has 0 aliphatic heterocycles. The zero-order chi connectivity index (χ0) is 19.2. The van der Waals surface area contributed by atoms with E-state index in [0.717, 1.165) is 24.7 Å². The Hall–Kier alpha value is -2.93. The van der Waals surface area contributed by atoms with Crippen LogP contribution in [0.15, 0.2) is 54.4 Å². The van der Waals surface area contributed by atoms with Crippen molar-refractivity contribution in [1.29, 1.82) is 5.41 Å². The molecule has 0 spiro atoms. The molecular weight excluding hydrogens is 330 g/mol. The molecule has 0 bridgehead atoms. The van der Waals surface area contributed by atoms with Gasteiger partial charge in [-0.1, -0.05) is 24.8 Å². The molecule has 1 aromatic carbocycles. The Kier molecular flexibility index (Phi) is 6.30. The molecule has 26 heavy (non-hydrogen) atoms. The topological polar surface area (TPSA) is 120 Å². The van der Waals surface area contributed by atoms with Gasteiger partial charge in [0.25, 0.3) is 5.91 Å². The van der Waals surface area contributed by atoms with Crippen LogP contribution in [-0.4, -0.2) is 30.1 Å². The molecule has 0 saturated heterocycles. The number of amides is 2. The predicted octanol–water partition coefficient (Wildman–Crippen LogP) is 1.51. The molecule has 2 amide bonds. The van der Waals surface area contributed by atoms with E-state index in [-0.39, 0.29) is 23.9 Å². The quantitative estimate of drug-likeness (QED) is 0.340. The standard InChI is InChI=1S/C19H25N5O2/c1-13(24-14(2)25)19(21,16-8-9-16)12-23-18(26)15(10-20)11-22-17-6-4-3-5-7-17/h3-7,10-11,16,20,22H,1,8-9,12,21H2,2H3,(H,23,26)(H,24,25)/b15-11+,20-10?. The summed E-state index contributed by atoms with van der Waals surface area (Å²) in [5, 5.41) is 15.8. The average Bonchev–Trinajstić information content (AvgIpc) is 3.46. The van der Waals surface area contributed by atoms with Gasteiger partial charge < -0.3 is 27.1 Å². The van der Waals surface area contributed by atoms with Crippen LogP contribution in [0.25, 0.3) is 0 Å². The third kappa shape index (κ3) is 5.03. The van der Waals surface area contributed by atoms with Gasteiger partial charge in [-0.05, 0) is 30.9 Å². The van der Waals surface area contributed by atoms with Crippen molar-refractivity contribution in [2.24, 2.45) is 11.7 Å². The number of hydrogen-bond donors (Lipinski definition) is 5. The summed E-state index contributed by atoms with van der Waals surface area (Å²) in [5.74, 6) is -0.504. The molecule has 1 unspecified atom stereocenters. The van der Waals surface area contributed by atoms with Crippen LogP contribution in [0.4, 0.5) is 5.69 Å². The van der Waals surface area contributed by atoms with E-state index >= 15 is 0 Å². The van der Waals surface area contributed by atoms with E-state index in [1.807, 2.05) is 30.3 Å². The minimum absolute atomic E-state index is 0.131. The van der Waals surface area contributed by atoms with E-state index in [2.05, 4.69) is 22.5 Å². The maximum Gasteiger partial charge on any atom is 0.254 e. The molecule has 0 aromatic heterocycles. The number of hydrogen-bond acceptors (Lipinski definition) is 5. The Morgan fingerprint density at radius 2 is 2.00 bits per heavy atom. The second-order valence-corrected chi connectivity index (χ2v) is 6.41. The largest absolute Gasteiger partial charge is 0.361 e. The maximum atomic E-state index is 12.4. The second-order valence-electron chi connectivity index (χ2n) is 6.41. The molecule has 1 atom stereocenters. The van der Waals surface area contributed by atoms with Gasteiger partial charge in [-0.2, -0.15) is 0 Å². The van der Waals surface area contributed by atoms with Crippen LogP contribution in [0.2, 0.25) is 0 Å². The van der Waals surface area contributed by atoms with Crippen LogP contribution < -0.4 is 21.7 Å². The first kappa shape index (κ1) is 19.4. The highest BCUT2D eigenvalue weighted by Crippen LogP contribution is 2.40. The van der Waals surface area contributed by atoms with Gasteiger partial charge in [-0.25, -0.2) is 0 Å². The van der Waals surface area contributed by atoms with Gasteiger partial charge in [0.15, 0.2) is 0 Å². The zero-order valence-electron chi connectivity index (χ0n) is 14.8. The van der Waals surface area contributed by atoms with E-state index < -0.39 is 11.4 Å². The Balaban J connectivity index is 2.00. The van der Waals surface area contributed by atoms with E-state index in [9.17, 15) is 9.59 Å². The molecule has 6 N–H and O–H groups in total. The summed E-state index contributed by atoms with van der Waals surface area (Å²) >= 11 is 0. The summed E-state index contributed by atoms with van der Waals surface area (Å²) in [6, 6.07) is 9.33. The highest BCUT2D eigenvalue weighted by molar-refractivity contribution is 6.11. The molecular formula is C19H25N5O2. The Morgan fingerprint density at radius 3 is 2.54 bits per heavy atom. The number of rotatable bonds is 9. The summed E-state index contributed by atoms with van der Waals surface area (Å²) in [6.07, 6.45) is 4.29. The molecule has 1 aliphatic carbocycles. The number of nitrogens with one attached hydrogen (secondary N) is 4. The summed E-state index contributed by atoms with van der Waals surface area (Å²) in [5.41, 5.74) is 6.90. The van der Waals surface area contributed by atoms with Crippen molar-refractivity contribution in [2.45, 2.75) is 25.3 Å². The Morgan fingerprint density at radius 1 is 1.35 bits per heavy atom. The van der Waals surface area contributed by atoms with Gasteiger partial charge in [-0.3, -0.25) is 9.59 Å². The van der Waals surface area contributed by atoms with Crippen LogP contribution in [0.5, 0.6) is 0 Å². The van der Waals surface area contributed by atoms with Crippen LogP contribution in [-0.2, 0) is 9.59 Å². The van der Waals surface area contributed by atoms with Crippen LogP contribution in [0, 0.1) is 11.3 Å².